The predicted molar refractivity (Wildman–Crippen MR) is 54.9 cm³/mol. The zero-order chi connectivity index (χ0) is 10.8. The van der Waals surface area contributed by atoms with Gasteiger partial charge in [0.15, 0.2) is 0 Å². The van der Waals surface area contributed by atoms with E-state index in [9.17, 15) is 12.6 Å². The molecule has 14 heavy (non-hydrogen) atoms. The van der Waals surface area contributed by atoms with E-state index in [2.05, 4.69) is 5.32 Å². The van der Waals surface area contributed by atoms with Crippen molar-refractivity contribution in [1.82, 2.24) is 0 Å². The van der Waals surface area contributed by atoms with Crippen molar-refractivity contribution in [3.05, 3.63) is 24.3 Å². The van der Waals surface area contributed by atoms with Crippen LogP contribution in [0.15, 0.2) is 24.3 Å². The summed E-state index contributed by atoms with van der Waals surface area (Å²) in [6, 6.07) is 6.35. The van der Waals surface area contributed by atoms with E-state index in [-0.39, 0.29) is 5.91 Å². The Hall–Kier alpha value is -0.992. The molecule has 0 heterocycles. The summed E-state index contributed by atoms with van der Waals surface area (Å²) in [5.41, 5.74) is 1.97. The normalized spacial score (nSPS) is 14.5. The van der Waals surface area contributed by atoms with Gasteiger partial charge in [0, 0.05) is 0 Å². The fraction of sp³-hybridized carbons (Fsp3) is 0.222. The van der Waals surface area contributed by atoms with Gasteiger partial charge in [-0.3, -0.25) is 0 Å². The van der Waals surface area contributed by atoms with Crippen molar-refractivity contribution in [2.45, 2.75) is 12.6 Å². The number of carbonyl (C=O) groups is 1. The quantitative estimate of drug-likeness (QED) is 0.751. The summed E-state index contributed by atoms with van der Waals surface area (Å²) in [6.07, 6.45) is 0. The third kappa shape index (κ3) is 3.05. The van der Waals surface area contributed by atoms with Crippen molar-refractivity contribution in [3.63, 3.8) is 0 Å². The standard InChI is InChI=1S/C9H12AsNO3/c1-7(12)11-9-5-3-8(4-6-9)10(2,13)14/h3-6H,1-2H3,(H,11,12)(H,13,14). The van der Waals surface area contributed by atoms with Crippen LogP contribution in [0.5, 0.6) is 0 Å². The SMILES string of the molecule is CC(=O)Nc1ccc([As](C)(=O)O)cc1. The van der Waals surface area contributed by atoms with Gasteiger partial charge in [-0.05, 0) is 0 Å². The first kappa shape index (κ1) is 11.1. The van der Waals surface area contributed by atoms with Gasteiger partial charge >= 0.3 is 84.6 Å². The third-order valence-electron chi connectivity index (χ3n) is 1.67. The molecule has 1 rings (SSSR count). The number of nitrogens with one attached hydrogen (secondary N) is 1. The van der Waals surface area contributed by atoms with E-state index in [1.54, 1.807) is 24.3 Å². The van der Waals surface area contributed by atoms with Gasteiger partial charge in [-0.15, -0.1) is 0 Å². The second kappa shape index (κ2) is 4.03. The van der Waals surface area contributed by atoms with Crippen LogP contribution in [0.2, 0.25) is 5.71 Å². The molecule has 1 aromatic rings. The third-order valence-corrected chi connectivity index (χ3v) is 4.30. The van der Waals surface area contributed by atoms with Gasteiger partial charge in [-0.2, -0.15) is 0 Å². The summed E-state index contributed by atoms with van der Waals surface area (Å²) in [5, 5.41) is 2.58. The molecule has 0 bridgehead atoms. The van der Waals surface area contributed by atoms with Gasteiger partial charge in [-0.25, -0.2) is 0 Å². The van der Waals surface area contributed by atoms with Crippen LogP contribution >= 0.6 is 0 Å². The summed E-state index contributed by atoms with van der Waals surface area (Å²) in [5.74, 6) is -0.160. The first-order valence-electron chi connectivity index (χ1n) is 4.08. The molecule has 1 amide bonds. The molecule has 0 spiro atoms. The Bertz CT molecular complexity index is 380. The molecule has 2 N–H and O–H groups in total. The molecule has 76 valence electrons. The molecule has 0 aromatic heterocycles. The average molecular weight is 257 g/mol. The number of hydrogen-bond donors (Lipinski definition) is 2. The van der Waals surface area contributed by atoms with E-state index in [0.717, 1.165) is 0 Å². The maximum atomic E-state index is 11.3. The summed E-state index contributed by atoms with van der Waals surface area (Å²) in [6.45, 7) is 1.41. The molecule has 0 saturated heterocycles. The average Bonchev–Trinajstić information content (AvgIpc) is 2.02. The Morgan fingerprint density at radius 1 is 1.36 bits per heavy atom. The van der Waals surface area contributed by atoms with Crippen LogP contribution < -0.4 is 9.67 Å². The first-order chi connectivity index (χ1) is 6.39. The number of rotatable bonds is 2. The Morgan fingerprint density at radius 3 is 2.21 bits per heavy atom. The van der Waals surface area contributed by atoms with Crippen molar-refractivity contribution in [1.29, 1.82) is 0 Å². The molecular formula is C9H12AsNO3. The van der Waals surface area contributed by atoms with Crippen molar-refractivity contribution in [3.8, 4) is 0 Å². The molecule has 0 aliphatic carbocycles. The van der Waals surface area contributed by atoms with Gasteiger partial charge in [0.05, 0.1) is 0 Å². The van der Waals surface area contributed by atoms with E-state index in [1.165, 1.54) is 12.6 Å². The van der Waals surface area contributed by atoms with Gasteiger partial charge in [0.1, 0.15) is 0 Å². The summed E-state index contributed by atoms with van der Waals surface area (Å²) < 4.78 is 21.0. The fourth-order valence-electron chi connectivity index (χ4n) is 1.02. The Kier molecular flexibility index (Phi) is 3.19. The monoisotopic (exact) mass is 257 g/mol. The number of amides is 1. The van der Waals surface area contributed by atoms with Crippen LogP contribution in [0, 0.1) is 0 Å². The fourth-order valence-corrected chi connectivity index (χ4v) is 2.50. The molecule has 1 aromatic carbocycles. The Balaban J connectivity index is 2.89. The predicted octanol–water partition coefficient (Wildman–Crippen LogP) is 0.347. The zero-order valence-corrected chi connectivity index (χ0v) is 9.90. The van der Waals surface area contributed by atoms with Crippen LogP contribution in [0.4, 0.5) is 5.69 Å². The van der Waals surface area contributed by atoms with E-state index in [0.29, 0.717) is 10.0 Å². The van der Waals surface area contributed by atoms with Crippen molar-refractivity contribution < 1.29 is 12.6 Å². The van der Waals surface area contributed by atoms with Crippen molar-refractivity contribution >= 4 is 29.8 Å². The molecule has 5 heteroatoms. The van der Waals surface area contributed by atoms with Crippen LogP contribution in [0.1, 0.15) is 6.92 Å². The van der Waals surface area contributed by atoms with Gasteiger partial charge < -0.3 is 0 Å². The molecule has 0 aliphatic heterocycles. The molecule has 4 nitrogen and oxygen atoms in total. The minimum atomic E-state index is -3.78. The van der Waals surface area contributed by atoms with E-state index >= 15 is 0 Å². The number of carbonyl (C=O) groups excluding carboxylic acids is 1. The first-order valence-corrected chi connectivity index (χ1v) is 8.50. The second-order valence-corrected chi connectivity index (χ2v) is 7.88. The molecule has 1 atom stereocenters. The number of hydrogen-bond acceptors (Lipinski definition) is 2. The van der Waals surface area contributed by atoms with Gasteiger partial charge in [0.2, 0.25) is 0 Å². The molecular weight excluding hydrogens is 245 g/mol. The van der Waals surface area contributed by atoms with Crippen LogP contribution in [-0.4, -0.2) is 23.8 Å². The Morgan fingerprint density at radius 2 is 1.86 bits per heavy atom. The molecule has 0 aliphatic rings. The van der Waals surface area contributed by atoms with Crippen LogP contribution in [0.25, 0.3) is 0 Å². The summed E-state index contributed by atoms with van der Waals surface area (Å²) >= 11 is -3.78. The van der Waals surface area contributed by atoms with Crippen LogP contribution in [-0.2, 0) is 8.53 Å². The molecule has 0 fully saturated rings. The summed E-state index contributed by atoms with van der Waals surface area (Å²) in [4.78, 5) is 10.7. The maximum absolute atomic E-state index is 11.3. The second-order valence-electron chi connectivity index (χ2n) is 3.11. The van der Waals surface area contributed by atoms with Crippen molar-refractivity contribution in [2.75, 3.05) is 5.32 Å². The van der Waals surface area contributed by atoms with Gasteiger partial charge in [0.25, 0.3) is 0 Å². The molecule has 0 radical (unpaired) electrons. The molecule has 1 unspecified atom stereocenters. The Labute approximate surface area is 85.0 Å². The van der Waals surface area contributed by atoms with Gasteiger partial charge in [-0.1, -0.05) is 0 Å². The topological polar surface area (TPSA) is 66.4 Å². The van der Waals surface area contributed by atoms with Crippen molar-refractivity contribution in [2.24, 2.45) is 0 Å². The number of anilines is 1. The van der Waals surface area contributed by atoms with E-state index in [4.69, 9.17) is 0 Å². The minimum absolute atomic E-state index is 0.160. The van der Waals surface area contributed by atoms with E-state index in [1.807, 2.05) is 0 Å². The number of benzene rings is 1. The summed E-state index contributed by atoms with van der Waals surface area (Å²) in [7, 11) is 0. The van der Waals surface area contributed by atoms with Crippen LogP contribution in [0.3, 0.4) is 0 Å². The zero-order valence-electron chi connectivity index (χ0n) is 8.02. The van der Waals surface area contributed by atoms with E-state index < -0.39 is 13.8 Å². The molecule has 0 saturated carbocycles.